The number of rotatable bonds is 6. The molecule has 0 aliphatic heterocycles. The van der Waals surface area contributed by atoms with Gasteiger partial charge in [-0.05, 0) is 23.8 Å². The van der Waals surface area contributed by atoms with Gasteiger partial charge in [-0.25, -0.2) is 4.39 Å². The zero-order chi connectivity index (χ0) is 13.7. The molecule has 0 saturated heterocycles. The van der Waals surface area contributed by atoms with E-state index in [-0.39, 0.29) is 17.2 Å². The van der Waals surface area contributed by atoms with E-state index >= 15 is 0 Å². The van der Waals surface area contributed by atoms with Gasteiger partial charge in [0.05, 0.1) is 6.42 Å². The molecule has 6 heteroatoms. The van der Waals surface area contributed by atoms with Crippen LogP contribution in [0.15, 0.2) is 18.2 Å². The average molecular weight is 271 g/mol. The van der Waals surface area contributed by atoms with Crippen molar-refractivity contribution >= 4 is 23.6 Å². The zero-order valence-electron chi connectivity index (χ0n) is 9.85. The van der Waals surface area contributed by atoms with Crippen LogP contribution < -0.4 is 5.73 Å². The lowest BCUT2D eigenvalue weighted by molar-refractivity contribution is -0.136. The highest BCUT2D eigenvalue weighted by molar-refractivity contribution is 7.99. The van der Waals surface area contributed by atoms with Crippen LogP contribution >= 0.6 is 11.8 Å². The van der Waals surface area contributed by atoms with Crippen LogP contribution in [0.25, 0.3) is 0 Å². The third-order valence-corrected chi connectivity index (χ3v) is 3.53. The first-order chi connectivity index (χ1) is 8.40. The van der Waals surface area contributed by atoms with Gasteiger partial charge in [-0.2, -0.15) is 11.8 Å². The summed E-state index contributed by atoms with van der Waals surface area (Å²) in [6, 6.07) is 3.92. The van der Waals surface area contributed by atoms with E-state index in [1.165, 1.54) is 30.0 Å². The van der Waals surface area contributed by atoms with E-state index in [2.05, 4.69) is 0 Å². The summed E-state index contributed by atoms with van der Waals surface area (Å²) in [7, 11) is 0. The quantitative estimate of drug-likeness (QED) is 0.829. The normalized spacial score (nSPS) is 12.1. The second kappa shape index (κ2) is 6.39. The molecule has 0 aliphatic rings. The highest BCUT2D eigenvalue weighted by Gasteiger charge is 2.11. The van der Waals surface area contributed by atoms with Crippen molar-refractivity contribution < 1.29 is 19.1 Å². The summed E-state index contributed by atoms with van der Waals surface area (Å²) >= 11 is 1.32. The Labute approximate surface area is 108 Å². The Kier molecular flexibility index (Phi) is 5.15. The molecule has 0 spiro atoms. The molecule has 0 aliphatic carbocycles. The number of amides is 1. The standard InChI is InChI=1S/C12H14FNO3S/c1-7(4-11(15)16)18-6-9-5-8(12(14)17)2-3-10(9)13/h2-3,5,7H,4,6H2,1H3,(H2,14,17)(H,15,16). The lowest BCUT2D eigenvalue weighted by Gasteiger charge is -2.09. The summed E-state index contributed by atoms with van der Waals surface area (Å²) in [5.74, 6) is -1.61. The van der Waals surface area contributed by atoms with Crippen molar-refractivity contribution in [2.45, 2.75) is 24.3 Å². The number of hydrogen-bond acceptors (Lipinski definition) is 3. The van der Waals surface area contributed by atoms with Gasteiger partial charge >= 0.3 is 5.97 Å². The molecule has 1 aromatic rings. The predicted octanol–water partition coefficient (Wildman–Crippen LogP) is 2.02. The van der Waals surface area contributed by atoms with Crippen molar-refractivity contribution in [2.75, 3.05) is 0 Å². The maximum absolute atomic E-state index is 13.5. The van der Waals surface area contributed by atoms with Crippen LogP contribution in [0, 0.1) is 5.82 Å². The summed E-state index contributed by atoms with van der Waals surface area (Å²) in [5.41, 5.74) is 5.71. The van der Waals surface area contributed by atoms with E-state index in [1.807, 2.05) is 0 Å². The van der Waals surface area contributed by atoms with Gasteiger partial charge in [-0.1, -0.05) is 6.92 Å². The predicted molar refractivity (Wildman–Crippen MR) is 67.9 cm³/mol. The first-order valence-electron chi connectivity index (χ1n) is 5.31. The van der Waals surface area contributed by atoms with Crippen LogP contribution in [-0.4, -0.2) is 22.2 Å². The number of primary amides is 1. The van der Waals surface area contributed by atoms with Crippen LogP contribution in [0.3, 0.4) is 0 Å². The minimum Gasteiger partial charge on any atom is -0.481 e. The summed E-state index contributed by atoms with van der Waals surface area (Å²) in [4.78, 5) is 21.4. The van der Waals surface area contributed by atoms with Crippen molar-refractivity contribution in [1.29, 1.82) is 0 Å². The number of carboxylic acids is 1. The molecule has 1 rings (SSSR count). The topological polar surface area (TPSA) is 80.4 Å². The Balaban J connectivity index is 2.69. The second-order valence-electron chi connectivity index (χ2n) is 3.89. The summed E-state index contributed by atoms with van der Waals surface area (Å²) in [6.07, 6.45) is 0.0157. The zero-order valence-corrected chi connectivity index (χ0v) is 10.7. The van der Waals surface area contributed by atoms with Gasteiger partial charge in [-0.15, -0.1) is 0 Å². The first-order valence-corrected chi connectivity index (χ1v) is 6.36. The van der Waals surface area contributed by atoms with Crippen LogP contribution in [-0.2, 0) is 10.5 Å². The Morgan fingerprint density at radius 2 is 2.17 bits per heavy atom. The number of nitrogens with two attached hydrogens (primary N) is 1. The van der Waals surface area contributed by atoms with E-state index < -0.39 is 17.7 Å². The average Bonchev–Trinajstić information content (AvgIpc) is 2.26. The number of halogens is 1. The lowest BCUT2D eigenvalue weighted by atomic mass is 10.1. The van der Waals surface area contributed by atoms with E-state index in [0.29, 0.717) is 11.3 Å². The molecule has 18 heavy (non-hydrogen) atoms. The molecule has 0 fully saturated rings. The molecule has 0 heterocycles. The van der Waals surface area contributed by atoms with Gasteiger partial charge in [0.25, 0.3) is 0 Å². The largest absolute Gasteiger partial charge is 0.481 e. The Morgan fingerprint density at radius 3 is 2.72 bits per heavy atom. The molecule has 0 saturated carbocycles. The second-order valence-corrected chi connectivity index (χ2v) is 5.32. The molecule has 4 nitrogen and oxygen atoms in total. The molecular formula is C12H14FNO3S. The first kappa shape index (κ1) is 14.5. The minimum atomic E-state index is -0.888. The van der Waals surface area contributed by atoms with Crippen LogP contribution in [0.5, 0.6) is 0 Å². The molecule has 1 unspecified atom stereocenters. The third kappa shape index (κ3) is 4.37. The summed E-state index contributed by atoms with van der Waals surface area (Å²) in [5, 5.41) is 8.48. The number of hydrogen-bond donors (Lipinski definition) is 2. The van der Waals surface area contributed by atoms with E-state index in [1.54, 1.807) is 6.92 Å². The van der Waals surface area contributed by atoms with Gasteiger partial charge in [0, 0.05) is 16.6 Å². The van der Waals surface area contributed by atoms with Crippen molar-refractivity contribution in [2.24, 2.45) is 5.73 Å². The van der Waals surface area contributed by atoms with Gasteiger partial charge in [-0.3, -0.25) is 9.59 Å². The van der Waals surface area contributed by atoms with Crippen molar-refractivity contribution in [3.8, 4) is 0 Å². The maximum Gasteiger partial charge on any atom is 0.304 e. The highest BCUT2D eigenvalue weighted by Crippen LogP contribution is 2.22. The highest BCUT2D eigenvalue weighted by atomic mass is 32.2. The summed E-state index contributed by atoms with van der Waals surface area (Å²) in [6.45, 7) is 1.76. The molecule has 1 amide bonds. The van der Waals surface area contributed by atoms with Gasteiger partial charge in [0.15, 0.2) is 0 Å². The number of thioether (sulfide) groups is 1. The molecular weight excluding hydrogens is 257 g/mol. The SMILES string of the molecule is CC(CC(=O)O)SCc1cc(C(N)=O)ccc1F. The van der Waals surface area contributed by atoms with Crippen LogP contribution in [0.1, 0.15) is 29.3 Å². The molecule has 0 radical (unpaired) electrons. The van der Waals surface area contributed by atoms with Crippen molar-refractivity contribution in [3.63, 3.8) is 0 Å². The summed E-state index contributed by atoms with van der Waals surface area (Å²) < 4.78 is 13.5. The van der Waals surface area contributed by atoms with Crippen molar-refractivity contribution in [3.05, 3.63) is 35.1 Å². The molecule has 0 aromatic heterocycles. The Hall–Kier alpha value is -1.56. The molecule has 3 N–H and O–H groups in total. The van der Waals surface area contributed by atoms with E-state index in [0.717, 1.165) is 0 Å². The molecule has 1 atom stereocenters. The lowest BCUT2D eigenvalue weighted by Crippen LogP contribution is -2.11. The fraction of sp³-hybridized carbons (Fsp3) is 0.333. The maximum atomic E-state index is 13.5. The Bertz CT molecular complexity index is 465. The molecule has 1 aromatic carbocycles. The van der Waals surface area contributed by atoms with Gasteiger partial charge in [0.2, 0.25) is 5.91 Å². The van der Waals surface area contributed by atoms with Crippen molar-refractivity contribution in [1.82, 2.24) is 0 Å². The number of carbonyl (C=O) groups is 2. The number of benzene rings is 1. The van der Waals surface area contributed by atoms with Gasteiger partial charge in [0.1, 0.15) is 5.82 Å². The minimum absolute atomic E-state index is 0.0157. The third-order valence-electron chi connectivity index (χ3n) is 2.32. The molecule has 98 valence electrons. The fourth-order valence-electron chi connectivity index (χ4n) is 1.38. The molecule has 0 bridgehead atoms. The van der Waals surface area contributed by atoms with Crippen LogP contribution in [0.2, 0.25) is 0 Å². The van der Waals surface area contributed by atoms with E-state index in [4.69, 9.17) is 10.8 Å². The monoisotopic (exact) mass is 271 g/mol. The number of carbonyl (C=O) groups excluding carboxylic acids is 1. The fourth-order valence-corrected chi connectivity index (χ4v) is 2.32. The van der Waals surface area contributed by atoms with E-state index in [9.17, 15) is 14.0 Å². The number of carboxylic acid groups (broad SMARTS) is 1. The van der Waals surface area contributed by atoms with Crippen LogP contribution in [0.4, 0.5) is 4.39 Å². The Morgan fingerprint density at radius 1 is 1.50 bits per heavy atom. The smallest absolute Gasteiger partial charge is 0.304 e. The number of aliphatic carboxylic acids is 1. The van der Waals surface area contributed by atoms with Gasteiger partial charge < -0.3 is 10.8 Å².